The number of rotatable bonds is 5. The first-order valence-electron chi connectivity index (χ1n) is 9.06. The summed E-state index contributed by atoms with van der Waals surface area (Å²) in [7, 11) is 3.46. The van der Waals surface area contributed by atoms with Crippen LogP contribution in [0.1, 0.15) is 10.4 Å². The van der Waals surface area contributed by atoms with Crippen molar-refractivity contribution in [1.29, 1.82) is 0 Å². The van der Waals surface area contributed by atoms with E-state index in [0.29, 0.717) is 31.0 Å². The number of benzene rings is 2. The summed E-state index contributed by atoms with van der Waals surface area (Å²) in [5, 5.41) is 0. The SMILES string of the molecule is CN(C(=O)c1ccccc1N(C)C(=O)CN1CCOCC1)c1ccccc1. The lowest BCUT2D eigenvalue weighted by Gasteiger charge is -2.29. The van der Waals surface area contributed by atoms with Crippen LogP contribution in [0.3, 0.4) is 0 Å². The summed E-state index contributed by atoms with van der Waals surface area (Å²) in [5.74, 6) is -0.192. The minimum Gasteiger partial charge on any atom is -0.379 e. The number of amides is 2. The highest BCUT2D eigenvalue weighted by molar-refractivity contribution is 6.11. The van der Waals surface area contributed by atoms with E-state index >= 15 is 0 Å². The highest BCUT2D eigenvalue weighted by atomic mass is 16.5. The maximum absolute atomic E-state index is 13.0. The largest absolute Gasteiger partial charge is 0.379 e. The molecule has 0 saturated carbocycles. The molecule has 0 atom stereocenters. The first-order valence-corrected chi connectivity index (χ1v) is 9.06. The Bertz CT molecular complexity index is 788. The molecule has 0 aliphatic carbocycles. The third-order valence-electron chi connectivity index (χ3n) is 4.78. The van der Waals surface area contributed by atoms with Crippen molar-refractivity contribution in [1.82, 2.24) is 4.90 Å². The fraction of sp³-hybridized carbons (Fsp3) is 0.333. The van der Waals surface area contributed by atoms with Crippen LogP contribution in [0.2, 0.25) is 0 Å². The lowest BCUT2D eigenvalue weighted by Crippen LogP contribution is -2.44. The van der Waals surface area contributed by atoms with E-state index in [1.807, 2.05) is 48.5 Å². The van der Waals surface area contributed by atoms with Crippen LogP contribution in [-0.4, -0.2) is 63.7 Å². The quantitative estimate of drug-likeness (QED) is 0.813. The van der Waals surface area contributed by atoms with Gasteiger partial charge in [0.05, 0.1) is 31.0 Å². The van der Waals surface area contributed by atoms with Crippen LogP contribution >= 0.6 is 0 Å². The molecule has 1 aliphatic rings. The van der Waals surface area contributed by atoms with E-state index in [2.05, 4.69) is 4.90 Å². The molecule has 27 heavy (non-hydrogen) atoms. The first kappa shape index (κ1) is 19.1. The van der Waals surface area contributed by atoms with Crippen LogP contribution in [0.25, 0.3) is 0 Å². The van der Waals surface area contributed by atoms with Gasteiger partial charge in [0, 0.05) is 32.9 Å². The zero-order valence-corrected chi connectivity index (χ0v) is 15.8. The molecule has 0 aromatic heterocycles. The summed E-state index contributed by atoms with van der Waals surface area (Å²) in [4.78, 5) is 31.0. The second-order valence-corrected chi connectivity index (χ2v) is 6.56. The molecule has 2 amide bonds. The van der Waals surface area contributed by atoms with Gasteiger partial charge in [0.15, 0.2) is 0 Å². The summed E-state index contributed by atoms with van der Waals surface area (Å²) < 4.78 is 5.33. The predicted molar refractivity (Wildman–Crippen MR) is 106 cm³/mol. The van der Waals surface area contributed by atoms with Crippen molar-refractivity contribution in [2.24, 2.45) is 0 Å². The van der Waals surface area contributed by atoms with Gasteiger partial charge < -0.3 is 14.5 Å². The molecule has 0 unspecified atom stereocenters. The molecule has 1 fully saturated rings. The van der Waals surface area contributed by atoms with Crippen LogP contribution in [0.4, 0.5) is 11.4 Å². The number of hydrogen-bond donors (Lipinski definition) is 0. The van der Waals surface area contributed by atoms with Gasteiger partial charge in [0.25, 0.3) is 5.91 Å². The molecule has 2 aromatic carbocycles. The lowest BCUT2D eigenvalue weighted by molar-refractivity contribution is -0.120. The Kier molecular flexibility index (Phi) is 6.21. The topological polar surface area (TPSA) is 53.1 Å². The Balaban J connectivity index is 1.78. The van der Waals surface area contributed by atoms with E-state index < -0.39 is 0 Å². The Morgan fingerprint density at radius 1 is 0.926 bits per heavy atom. The zero-order chi connectivity index (χ0) is 19.2. The summed E-state index contributed by atoms with van der Waals surface area (Å²) >= 11 is 0. The standard InChI is InChI=1S/C21H25N3O3/c1-22(17-8-4-3-5-9-17)21(26)18-10-6-7-11-19(18)23(2)20(25)16-24-12-14-27-15-13-24/h3-11H,12-16H2,1-2H3. The van der Waals surface area contributed by atoms with Crippen LogP contribution in [0, 0.1) is 0 Å². The number of carbonyl (C=O) groups is 2. The molecule has 2 aromatic rings. The molecular weight excluding hydrogens is 342 g/mol. The van der Waals surface area contributed by atoms with Crippen molar-refractivity contribution in [3.8, 4) is 0 Å². The Morgan fingerprint density at radius 2 is 1.56 bits per heavy atom. The van der Waals surface area contributed by atoms with Crippen molar-refractivity contribution in [2.45, 2.75) is 0 Å². The number of ether oxygens (including phenoxy) is 1. The number of likely N-dealkylation sites (N-methyl/N-ethyl adjacent to an activating group) is 1. The number of hydrogen-bond acceptors (Lipinski definition) is 4. The second kappa shape index (κ2) is 8.79. The molecule has 142 valence electrons. The van der Waals surface area contributed by atoms with E-state index in [1.165, 1.54) is 0 Å². The van der Waals surface area contributed by atoms with Gasteiger partial charge in [-0.1, -0.05) is 30.3 Å². The van der Waals surface area contributed by atoms with Gasteiger partial charge in [-0.15, -0.1) is 0 Å². The number of morpholine rings is 1. The fourth-order valence-corrected chi connectivity index (χ4v) is 3.09. The second-order valence-electron chi connectivity index (χ2n) is 6.56. The van der Waals surface area contributed by atoms with Crippen molar-refractivity contribution < 1.29 is 14.3 Å². The summed E-state index contributed by atoms with van der Waals surface area (Å²) in [6.45, 7) is 3.10. The first-order chi connectivity index (χ1) is 13.1. The van der Waals surface area contributed by atoms with E-state index in [9.17, 15) is 9.59 Å². The van der Waals surface area contributed by atoms with Gasteiger partial charge in [0.1, 0.15) is 0 Å². The molecule has 0 bridgehead atoms. The Hall–Kier alpha value is -2.70. The Morgan fingerprint density at radius 3 is 2.26 bits per heavy atom. The molecule has 0 spiro atoms. The van der Waals surface area contributed by atoms with Crippen molar-refractivity contribution in [2.75, 3.05) is 56.7 Å². The number of carbonyl (C=O) groups excluding carboxylic acids is 2. The van der Waals surface area contributed by atoms with E-state index in [4.69, 9.17) is 4.74 Å². The van der Waals surface area contributed by atoms with Crippen molar-refractivity contribution in [3.63, 3.8) is 0 Å². The summed E-state index contributed by atoms with van der Waals surface area (Å²) in [5.41, 5.74) is 1.92. The summed E-state index contributed by atoms with van der Waals surface area (Å²) in [6, 6.07) is 16.7. The number of nitrogens with zero attached hydrogens (tertiary/aromatic N) is 3. The summed E-state index contributed by atoms with van der Waals surface area (Å²) in [6.07, 6.45) is 0. The highest BCUT2D eigenvalue weighted by Gasteiger charge is 2.23. The van der Waals surface area contributed by atoms with Gasteiger partial charge in [-0.25, -0.2) is 0 Å². The molecular formula is C21H25N3O3. The van der Waals surface area contributed by atoms with E-state index in [-0.39, 0.29) is 11.8 Å². The minimum absolute atomic E-state index is 0.0421. The number of para-hydroxylation sites is 2. The predicted octanol–water partition coefficient (Wildman–Crippen LogP) is 2.26. The van der Waals surface area contributed by atoms with Crippen LogP contribution in [0.5, 0.6) is 0 Å². The van der Waals surface area contributed by atoms with Gasteiger partial charge in [-0.3, -0.25) is 14.5 Å². The molecule has 6 heteroatoms. The third-order valence-corrected chi connectivity index (χ3v) is 4.78. The molecule has 6 nitrogen and oxygen atoms in total. The highest BCUT2D eigenvalue weighted by Crippen LogP contribution is 2.23. The third kappa shape index (κ3) is 4.53. The monoisotopic (exact) mass is 367 g/mol. The average molecular weight is 367 g/mol. The zero-order valence-electron chi connectivity index (χ0n) is 15.8. The van der Waals surface area contributed by atoms with Crippen LogP contribution < -0.4 is 9.80 Å². The minimum atomic E-state index is -0.150. The van der Waals surface area contributed by atoms with Crippen LogP contribution in [-0.2, 0) is 9.53 Å². The van der Waals surface area contributed by atoms with Crippen molar-refractivity contribution >= 4 is 23.2 Å². The van der Waals surface area contributed by atoms with Gasteiger partial charge >= 0.3 is 0 Å². The molecule has 1 heterocycles. The number of anilines is 2. The normalized spacial score (nSPS) is 14.6. The molecule has 3 rings (SSSR count). The van der Waals surface area contributed by atoms with E-state index in [0.717, 1.165) is 18.8 Å². The lowest BCUT2D eigenvalue weighted by atomic mass is 10.1. The van der Waals surface area contributed by atoms with E-state index in [1.54, 1.807) is 30.0 Å². The smallest absolute Gasteiger partial charge is 0.260 e. The van der Waals surface area contributed by atoms with Crippen LogP contribution in [0.15, 0.2) is 54.6 Å². The Labute approximate surface area is 159 Å². The molecule has 1 aliphatic heterocycles. The fourth-order valence-electron chi connectivity index (χ4n) is 3.09. The molecule has 1 saturated heterocycles. The van der Waals surface area contributed by atoms with Gasteiger partial charge in [-0.2, -0.15) is 0 Å². The average Bonchev–Trinajstić information content (AvgIpc) is 2.73. The molecule has 0 N–H and O–H groups in total. The van der Waals surface area contributed by atoms with Crippen molar-refractivity contribution in [3.05, 3.63) is 60.2 Å². The molecule has 0 radical (unpaired) electrons. The van der Waals surface area contributed by atoms with Gasteiger partial charge in [-0.05, 0) is 24.3 Å². The maximum atomic E-state index is 13.0. The maximum Gasteiger partial charge on any atom is 0.260 e. The van der Waals surface area contributed by atoms with Gasteiger partial charge in [0.2, 0.25) is 5.91 Å².